The molecule has 0 aliphatic rings. The van der Waals surface area contributed by atoms with Crippen molar-refractivity contribution in [1.29, 1.82) is 0 Å². The van der Waals surface area contributed by atoms with Gasteiger partial charge in [-0.25, -0.2) is 9.13 Å². The molecule has 0 aromatic rings. The summed E-state index contributed by atoms with van der Waals surface area (Å²) in [6, 6.07) is 0. The fourth-order valence-electron chi connectivity index (χ4n) is 13.4. The van der Waals surface area contributed by atoms with Gasteiger partial charge in [0.2, 0.25) is 0 Å². The number of hydrogen-bond donors (Lipinski definition) is 3. The second-order valence-corrected chi connectivity index (χ2v) is 34.1. The fourth-order valence-corrected chi connectivity index (χ4v) is 15.0. The molecule has 105 heavy (non-hydrogen) atoms. The summed E-state index contributed by atoms with van der Waals surface area (Å²) >= 11 is 0. The first-order chi connectivity index (χ1) is 51.1. The van der Waals surface area contributed by atoms with Crippen LogP contribution in [0.5, 0.6) is 0 Å². The van der Waals surface area contributed by atoms with Crippen molar-refractivity contribution >= 4 is 39.5 Å². The van der Waals surface area contributed by atoms with Crippen LogP contribution >= 0.6 is 15.6 Å². The van der Waals surface area contributed by atoms with Crippen LogP contribution in [-0.4, -0.2) is 96.7 Å². The third-order valence-corrected chi connectivity index (χ3v) is 22.5. The Labute approximate surface area is 645 Å². The van der Waals surface area contributed by atoms with Crippen LogP contribution in [0.3, 0.4) is 0 Å². The molecule has 3 unspecified atom stereocenters. The van der Waals surface area contributed by atoms with E-state index in [0.29, 0.717) is 25.7 Å². The third-order valence-electron chi connectivity index (χ3n) is 20.6. The first kappa shape index (κ1) is 103. The number of hydrogen-bond acceptors (Lipinski definition) is 15. The van der Waals surface area contributed by atoms with Crippen LogP contribution in [-0.2, 0) is 65.4 Å². The molecule has 0 aromatic heterocycles. The Bertz CT molecular complexity index is 2000. The second-order valence-electron chi connectivity index (χ2n) is 31.2. The summed E-state index contributed by atoms with van der Waals surface area (Å²) in [4.78, 5) is 73.2. The van der Waals surface area contributed by atoms with Gasteiger partial charge in [-0.2, -0.15) is 0 Å². The lowest BCUT2D eigenvalue weighted by atomic mass is 10.00. The Balaban J connectivity index is 5.20. The normalized spacial score (nSPS) is 14.0. The molecule has 17 nitrogen and oxygen atoms in total. The van der Waals surface area contributed by atoms with Crippen molar-refractivity contribution < 1.29 is 80.2 Å². The molecule has 0 amide bonds. The maximum Gasteiger partial charge on any atom is 0.472 e. The Morgan fingerprint density at radius 3 is 0.676 bits per heavy atom. The zero-order chi connectivity index (χ0) is 76.9. The topological polar surface area (TPSA) is 237 Å². The fraction of sp³-hybridized carbons (Fsp3) is 0.953. The smallest absolute Gasteiger partial charge is 0.462 e. The summed E-state index contributed by atoms with van der Waals surface area (Å²) in [6.45, 7) is 7.31. The van der Waals surface area contributed by atoms with Crippen LogP contribution in [0.1, 0.15) is 465 Å². The molecule has 19 heteroatoms. The average Bonchev–Trinajstić information content (AvgIpc) is 0.913. The lowest BCUT2D eigenvalue weighted by molar-refractivity contribution is -0.161. The van der Waals surface area contributed by atoms with Crippen LogP contribution in [0.2, 0.25) is 0 Å². The Morgan fingerprint density at radius 1 is 0.267 bits per heavy atom. The molecule has 0 spiro atoms. The van der Waals surface area contributed by atoms with Crippen molar-refractivity contribution in [1.82, 2.24) is 0 Å². The van der Waals surface area contributed by atoms with Gasteiger partial charge in [0.15, 0.2) is 12.2 Å². The van der Waals surface area contributed by atoms with Crippen molar-refractivity contribution in [2.24, 2.45) is 5.92 Å². The van der Waals surface area contributed by atoms with Gasteiger partial charge in [0, 0.05) is 25.7 Å². The standard InChI is InChI=1S/C86H168O17P2/c1-6-10-13-16-19-22-25-28-30-32-34-36-38-40-42-45-47-50-53-59-64-69-83(88)96-75-81(102-85(90)72-67-62-55-52-49-46-43-41-39-37-35-33-31-29-26-23-20-17-14-11-7-2)77-100-104(92,93)98-73-80(87)74-99-105(94,95)101-78-82(76-97-84(89)70-65-60-57-56-58-63-68-79(5)9-4)103-86(91)71-66-61-54-51-48-44-27-24-21-18-15-12-8-3/h79-82,87H,6-78H2,1-5H3,(H,92,93)(H,94,95)/t79?,80-,81-,82-/m1/s1. The lowest BCUT2D eigenvalue weighted by Crippen LogP contribution is -2.30. The van der Waals surface area contributed by atoms with Gasteiger partial charge in [-0.1, -0.05) is 413 Å². The summed E-state index contributed by atoms with van der Waals surface area (Å²) in [6.07, 6.45) is 72.4. The highest BCUT2D eigenvalue weighted by Crippen LogP contribution is 2.45. The van der Waals surface area contributed by atoms with E-state index in [0.717, 1.165) is 102 Å². The van der Waals surface area contributed by atoms with Crippen molar-refractivity contribution in [3.63, 3.8) is 0 Å². The van der Waals surface area contributed by atoms with E-state index in [1.807, 2.05) is 0 Å². The summed E-state index contributed by atoms with van der Waals surface area (Å²) in [5.41, 5.74) is 0. The van der Waals surface area contributed by atoms with Crippen molar-refractivity contribution in [2.75, 3.05) is 39.6 Å². The number of ether oxygens (including phenoxy) is 4. The highest BCUT2D eigenvalue weighted by Gasteiger charge is 2.30. The molecule has 6 atom stereocenters. The van der Waals surface area contributed by atoms with E-state index in [1.54, 1.807) is 0 Å². The zero-order valence-electron chi connectivity index (χ0n) is 68.9. The maximum atomic E-state index is 13.1. The summed E-state index contributed by atoms with van der Waals surface area (Å²) in [5.74, 6) is -1.37. The molecule has 0 rings (SSSR count). The molecule has 0 heterocycles. The van der Waals surface area contributed by atoms with E-state index in [9.17, 15) is 43.2 Å². The highest BCUT2D eigenvalue weighted by molar-refractivity contribution is 7.47. The Kier molecular flexibility index (Phi) is 77.3. The van der Waals surface area contributed by atoms with E-state index in [-0.39, 0.29) is 25.7 Å². The number of esters is 4. The van der Waals surface area contributed by atoms with Gasteiger partial charge in [0.1, 0.15) is 19.3 Å². The van der Waals surface area contributed by atoms with Gasteiger partial charge >= 0.3 is 39.5 Å². The van der Waals surface area contributed by atoms with Crippen LogP contribution in [0.4, 0.5) is 0 Å². The molecule has 3 N–H and O–H groups in total. The van der Waals surface area contributed by atoms with Gasteiger partial charge < -0.3 is 33.8 Å². The molecule has 0 aromatic carbocycles. The summed E-state index contributed by atoms with van der Waals surface area (Å²) in [5, 5.41) is 10.7. The maximum absolute atomic E-state index is 13.1. The second kappa shape index (κ2) is 78.7. The van der Waals surface area contributed by atoms with Gasteiger partial charge in [0.25, 0.3) is 0 Å². The van der Waals surface area contributed by atoms with Crippen LogP contribution in [0, 0.1) is 5.92 Å². The number of phosphoric ester groups is 2. The number of carbonyl (C=O) groups is 4. The van der Waals surface area contributed by atoms with E-state index in [2.05, 4.69) is 34.6 Å². The molecule has 624 valence electrons. The summed E-state index contributed by atoms with van der Waals surface area (Å²) in [7, 11) is -9.92. The Morgan fingerprint density at radius 2 is 0.457 bits per heavy atom. The molecule has 0 saturated heterocycles. The first-order valence-corrected chi connectivity index (χ1v) is 47.7. The van der Waals surface area contributed by atoms with E-state index in [1.165, 1.54) is 283 Å². The SMILES string of the molecule is CCCCCCCCCCCCCCCCCCCCCCCC(=O)OC[C@H](COP(=O)(O)OC[C@@H](O)COP(=O)(O)OC[C@@H](COC(=O)CCCCCCCCC(C)CC)OC(=O)CCCCCCCCCCCCCCC)OC(=O)CCCCCCCCCCCCCCCCCCCCCCC. The average molecular weight is 1540 g/mol. The molecule has 0 aliphatic carbocycles. The van der Waals surface area contributed by atoms with Crippen LogP contribution < -0.4 is 0 Å². The van der Waals surface area contributed by atoms with E-state index >= 15 is 0 Å². The van der Waals surface area contributed by atoms with E-state index in [4.69, 9.17) is 37.0 Å². The molecule has 0 fully saturated rings. The van der Waals surface area contributed by atoms with Gasteiger partial charge in [-0.3, -0.25) is 37.3 Å². The number of rotatable bonds is 86. The highest BCUT2D eigenvalue weighted by atomic mass is 31.2. The van der Waals surface area contributed by atoms with Crippen LogP contribution in [0.15, 0.2) is 0 Å². The van der Waals surface area contributed by atoms with Crippen molar-refractivity contribution in [3.8, 4) is 0 Å². The number of phosphoric acid groups is 2. The lowest BCUT2D eigenvalue weighted by Gasteiger charge is -2.21. The number of carbonyl (C=O) groups excluding carboxylic acids is 4. The third kappa shape index (κ3) is 78.5. The minimum atomic E-state index is -4.97. The van der Waals surface area contributed by atoms with Crippen LogP contribution in [0.25, 0.3) is 0 Å². The molecule has 0 radical (unpaired) electrons. The van der Waals surface area contributed by atoms with Crippen molar-refractivity contribution in [2.45, 2.75) is 483 Å². The minimum Gasteiger partial charge on any atom is -0.462 e. The molecule has 0 aliphatic heterocycles. The number of aliphatic hydroxyl groups is 1. The van der Waals surface area contributed by atoms with Gasteiger partial charge in [0.05, 0.1) is 26.4 Å². The monoisotopic (exact) mass is 1540 g/mol. The largest absolute Gasteiger partial charge is 0.472 e. The first-order valence-electron chi connectivity index (χ1n) is 44.7. The predicted octanol–water partition coefficient (Wildman–Crippen LogP) is 26.4. The number of unbranched alkanes of at least 4 members (excludes halogenated alkanes) is 57. The minimum absolute atomic E-state index is 0.107. The molecule has 0 bridgehead atoms. The van der Waals surface area contributed by atoms with Gasteiger partial charge in [-0.05, 0) is 31.6 Å². The Hall–Kier alpha value is -1.94. The number of aliphatic hydroxyl groups excluding tert-OH is 1. The summed E-state index contributed by atoms with van der Waals surface area (Å²) < 4.78 is 68.8. The molecule has 0 saturated carbocycles. The van der Waals surface area contributed by atoms with Crippen molar-refractivity contribution in [3.05, 3.63) is 0 Å². The quantitative estimate of drug-likeness (QED) is 0.0222. The molecular weight excluding hydrogens is 1370 g/mol. The van der Waals surface area contributed by atoms with Gasteiger partial charge in [-0.15, -0.1) is 0 Å². The molecular formula is C86H168O17P2. The van der Waals surface area contributed by atoms with E-state index < -0.39 is 97.5 Å². The predicted molar refractivity (Wildman–Crippen MR) is 432 cm³/mol. The zero-order valence-corrected chi connectivity index (χ0v) is 70.7.